The van der Waals surface area contributed by atoms with Gasteiger partial charge in [0.2, 0.25) is 0 Å². The quantitative estimate of drug-likeness (QED) is 0.495. The molecule has 0 saturated carbocycles. The van der Waals surface area contributed by atoms with Gasteiger partial charge in [0, 0.05) is 11.8 Å². The van der Waals surface area contributed by atoms with Crippen LogP contribution < -0.4 is 15.8 Å². The summed E-state index contributed by atoms with van der Waals surface area (Å²) in [7, 11) is 1.47. The van der Waals surface area contributed by atoms with Gasteiger partial charge in [0.1, 0.15) is 5.75 Å². The van der Waals surface area contributed by atoms with Crippen molar-refractivity contribution < 1.29 is 19.0 Å². The monoisotopic (exact) mass is 392 g/mol. The van der Waals surface area contributed by atoms with Gasteiger partial charge in [-0.1, -0.05) is 23.7 Å². The maximum Gasteiger partial charge on any atom is 0.259 e. The van der Waals surface area contributed by atoms with Crippen molar-refractivity contribution in [2.45, 2.75) is 26.6 Å². The Hall–Kier alpha value is -2.28. The van der Waals surface area contributed by atoms with E-state index < -0.39 is 0 Å². The summed E-state index contributed by atoms with van der Waals surface area (Å²) in [6.45, 7) is 5.45. The Morgan fingerprint density at radius 2 is 2.00 bits per heavy atom. The number of hydrogen-bond donors (Lipinski definition) is 2. The second-order valence-corrected chi connectivity index (χ2v) is 6.61. The molecular formula is C20H25ClN2O4. The van der Waals surface area contributed by atoms with Gasteiger partial charge in [-0.05, 0) is 37.6 Å². The average Bonchev–Trinajstić information content (AvgIpc) is 2.63. The van der Waals surface area contributed by atoms with E-state index in [2.05, 4.69) is 5.32 Å². The number of methoxy groups -OCH3 is 1. The molecule has 0 atom stereocenters. The van der Waals surface area contributed by atoms with E-state index in [0.717, 1.165) is 5.56 Å². The lowest BCUT2D eigenvalue weighted by molar-refractivity contribution is 0.0143. The van der Waals surface area contributed by atoms with Crippen molar-refractivity contribution in [3.63, 3.8) is 0 Å². The van der Waals surface area contributed by atoms with Gasteiger partial charge in [0.05, 0.1) is 49.3 Å². The first-order valence-corrected chi connectivity index (χ1v) is 9.01. The van der Waals surface area contributed by atoms with Crippen LogP contribution in [0.3, 0.4) is 0 Å². The number of hydrogen-bond acceptors (Lipinski definition) is 5. The summed E-state index contributed by atoms with van der Waals surface area (Å²) in [5.41, 5.74) is 8.01. The molecule has 0 aromatic heterocycles. The van der Waals surface area contributed by atoms with Gasteiger partial charge < -0.3 is 25.3 Å². The fraction of sp³-hybridized carbons (Fsp3) is 0.350. The maximum absolute atomic E-state index is 12.6. The molecule has 2 rings (SSSR count). The molecule has 2 aromatic rings. The molecule has 3 N–H and O–H groups in total. The Balaban J connectivity index is 1.99. The van der Waals surface area contributed by atoms with Crippen molar-refractivity contribution in [1.29, 1.82) is 0 Å². The number of carbonyl (C=O) groups is 1. The molecular weight excluding hydrogens is 368 g/mol. The fourth-order valence-electron chi connectivity index (χ4n) is 2.39. The van der Waals surface area contributed by atoms with Crippen LogP contribution in [-0.4, -0.2) is 32.3 Å². The largest absolute Gasteiger partial charge is 0.496 e. The molecule has 0 radical (unpaired) electrons. The molecule has 2 aromatic carbocycles. The smallest absolute Gasteiger partial charge is 0.259 e. The van der Waals surface area contributed by atoms with Crippen LogP contribution in [0, 0.1) is 0 Å². The zero-order valence-corrected chi connectivity index (χ0v) is 16.5. The van der Waals surface area contributed by atoms with Crippen LogP contribution in [0.1, 0.15) is 29.8 Å². The molecule has 1 amide bonds. The number of nitrogen functional groups attached to an aromatic ring is 1. The number of amides is 1. The predicted octanol–water partition coefficient (Wildman–Crippen LogP) is 4.12. The van der Waals surface area contributed by atoms with Crippen LogP contribution in [0.5, 0.6) is 5.75 Å². The fourth-order valence-corrected chi connectivity index (χ4v) is 2.55. The third kappa shape index (κ3) is 6.43. The van der Waals surface area contributed by atoms with Gasteiger partial charge >= 0.3 is 0 Å². The minimum absolute atomic E-state index is 0.186. The summed E-state index contributed by atoms with van der Waals surface area (Å²) in [6.07, 6.45) is 0.186. The molecule has 0 heterocycles. The number of nitrogens with one attached hydrogen (secondary N) is 1. The third-order valence-corrected chi connectivity index (χ3v) is 4.02. The molecule has 146 valence electrons. The van der Waals surface area contributed by atoms with Crippen LogP contribution in [-0.2, 0) is 16.1 Å². The summed E-state index contributed by atoms with van der Waals surface area (Å²) in [5.74, 6) is 0.0243. The van der Waals surface area contributed by atoms with Gasteiger partial charge in [-0.25, -0.2) is 0 Å². The second-order valence-electron chi connectivity index (χ2n) is 6.20. The van der Waals surface area contributed by atoms with Gasteiger partial charge in [0.25, 0.3) is 5.91 Å². The molecule has 0 aliphatic carbocycles. The Morgan fingerprint density at radius 3 is 2.70 bits per heavy atom. The number of benzene rings is 2. The molecule has 0 aliphatic heterocycles. The van der Waals surface area contributed by atoms with Gasteiger partial charge in [0.15, 0.2) is 0 Å². The van der Waals surface area contributed by atoms with Crippen molar-refractivity contribution in [1.82, 2.24) is 0 Å². The highest BCUT2D eigenvalue weighted by Gasteiger charge is 2.15. The van der Waals surface area contributed by atoms with E-state index in [1.165, 1.54) is 19.2 Å². The zero-order chi connectivity index (χ0) is 19.8. The Morgan fingerprint density at radius 1 is 1.22 bits per heavy atom. The number of anilines is 2. The number of ether oxygens (including phenoxy) is 3. The summed E-state index contributed by atoms with van der Waals surface area (Å²) in [6, 6.07) is 10.5. The number of nitrogens with two attached hydrogens (primary N) is 1. The molecule has 0 bridgehead atoms. The van der Waals surface area contributed by atoms with E-state index in [4.69, 9.17) is 31.5 Å². The van der Waals surface area contributed by atoms with E-state index >= 15 is 0 Å². The Kier molecular flexibility index (Phi) is 7.91. The standard InChI is InChI=1S/C20H25ClN2O4/c1-13(2)27-8-7-26-12-14-5-4-6-15(9-14)23-20(24)16-10-17(21)18(22)11-19(16)25-3/h4-6,9-11,13H,7-8,12,22H2,1-3H3,(H,23,24). The maximum atomic E-state index is 12.6. The van der Waals surface area contributed by atoms with E-state index in [1.807, 2.05) is 32.0 Å². The predicted molar refractivity (Wildman–Crippen MR) is 108 cm³/mol. The first-order valence-electron chi connectivity index (χ1n) is 8.63. The number of halogens is 1. The van der Waals surface area contributed by atoms with E-state index in [0.29, 0.717) is 47.5 Å². The van der Waals surface area contributed by atoms with Crippen LogP contribution >= 0.6 is 11.6 Å². The van der Waals surface area contributed by atoms with Crippen LogP contribution in [0.25, 0.3) is 0 Å². The summed E-state index contributed by atoms with van der Waals surface area (Å²) in [4.78, 5) is 12.6. The molecule has 27 heavy (non-hydrogen) atoms. The minimum Gasteiger partial charge on any atom is -0.496 e. The highest BCUT2D eigenvalue weighted by molar-refractivity contribution is 6.33. The second kappa shape index (κ2) is 10.2. The Labute approximate surface area is 164 Å². The lowest BCUT2D eigenvalue weighted by atomic mass is 10.1. The van der Waals surface area contributed by atoms with Crippen LogP contribution in [0.4, 0.5) is 11.4 Å². The number of carbonyl (C=O) groups excluding carboxylic acids is 1. The SMILES string of the molecule is COc1cc(N)c(Cl)cc1C(=O)Nc1cccc(COCCOC(C)C)c1. The van der Waals surface area contributed by atoms with Crippen molar-refractivity contribution in [3.05, 3.63) is 52.5 Å². The first-order chi connectivity index (χ1) is 12.9. The van der Waals surface area contributed by atoms with Crippen molar-refractivity contribution in [2.75, 3.05) is 31.4 Å². The van der Waals surface area contributed by atoms with E-state index in [9.17, 15) is 4.79 Å². The number of rotatable bonds is 9. The van der Waals surface area contributed by atoms with Gasteiger partial charge in [-0.15, -0.1) is 0 Å². The van der Waals surface area contributed by atoms with Crippen molar-refractivity contribution >= 4 is 28.9 Å². The molecule has 0 saturated heterocycles. The van der Waals surface area contributed by atoms with E-state index in [1.54, 1.807) is 6.07 Å². The van der Waals surface area contributed by atoms with Crippen molar-refractivity contribution in [2.24, 2.45) is 0 Å². The van der Waals surface area contributed by atoms with Crippen molar-refractivity contribution in [3.8, 4) is 5.75 Å². The molecule has 0 spiro atoms. The summed E-state index contributed by atoms with van der Waals surface area (Å²) >= 11 is 6.03. The first kappa shape index (κ1) is 21.0. The Bertz CT molecular complexity index is 781. The van der Waals surface area contributed by atoms with E-state index in [-0.39, 0.29) is 12.0 Å². The summed E-state index contributed by atoms with van der Waals surface area (Å²) < 4.78 is 16.2. The van der Waals surface area contributed by atoms with Gasteiger partial charge in [-0.3, -0.25) is 4.79 Å². The molecule has 0 fully saturated rings. The van der Waals surface area contributed by atoms with Crippen LogP contribution in [0.15, 0.2) is 36.4 Å². The summed E-state index contributed by atoms with van der Waals surface area (Å²) in [5, 5.41) is 3.14. The highest BCUT2D eigenvalue weighted by atomic mass is 35.5. The topological polar surface area (TPSA) is 82.8 Å². The average molecular weight is 393 g/mol. The van der Waals surface area contributed by atoms with Gasteiger partial charge in [-0.2, -0.15) is 0 Å². The molecule has 6 nitrogen and oxygen atoms in total. The lowest BCUT2D eigenvalue weighted by Crippen LogP contribution is -2.14. The minimum atomic E-state index is -0.336. The van der Waals surface area contributed by atoms with Crippen LogP contribution in [0.2, 0.25) is 5.02 Å². The molecule has 0 unspecified atom stereocenters. The molecule has 7 heteroatoms. The zero-order valence-electron chi connectivity index (χ0n) is 15.8. The highest BCUT2D eigenvalue weighted by Crippen LogP contribution is 2.29. The normalized spacial score (nSPS) is 10.9. The lowest BCUT2D eigenvalue weighted by Gasteiger charge is -2.12. The molecule has 0 aliphatic rings. The third-order valence-electron chi connectivity index (χ3n) is 3.70.